The average Bonchev–Trinajstić information content (AvgIpc) is 2.09. The summed E-state index contributed by atoms with van der Waals surface area (Å²) >= 11 is 0. The molecule has 3 nitrogen and oxygen atoms in total. The molecule has 0 heterocycles. The molecule has 0 aliphatic rings. The molecule has 0 aliphatic carbocycles. The van der Waals surface area contributed by atoms with Gasteiger partial charge in [0.2, 0.25) is 0 Å². The van der Waals surface area contributed by atoms with E-state index >= 15 is 0 Å². The lowest BCUT2D eigenvalue weighted by Crippen LogP contribution is -2.30. The number of hydrogen-bond donors (Lipinski definition) is 1. The van der Waals surface area contributed by atoms with E-state index in [9.17, 15) is 4.79 Å². The number of rotatable bonds is 7. The van der Waals surface area contributed by atoms with Crippen LogP contribution in [0.25, 0.3) is 0 Å². The van der Waals surface area contributed by atoms with Crippen LogP contribution in [-0.2, 0) is 4.79 Å². The molecule has 0 saturated heterocycles. The van der Waals surface area contributed by atoms with Gasteiger partial charge in [0.1, 0.15) is 0 Å². The van der Waals surface area contributed by atoms with Crippen LogP contribution >= 0.6 is 0 Å². The average molecular weight is 243 g/mol. The zero-order chi connectivity index (χ0) is 13.7. The summed E-state index contributed by atoms with van der Waals surface area (Å²) < 4.78 is 0. The molecule has 17 heavy (non-hydrogen) atoms. The predicted octanol–water partition coefficient (Wildman–Crippen LogP) is 3.25. The fraction of sp³-hybridized carbons (Fsp3) is 0.929. The molecule has 0 rings (SSSR count). The Balaban J connectivity index is 3.75. The highest BCUT2D eigenvalue weighted by atomic mass is 16.4. The van der Waals surface area contributed by atoms with Crippen LogP contribution in [0.15, 0.2) is 0 Å². The molecule has 0 spiro atoms. The highest BCUT2D eigenvalue weighted by Gasteiger charge is 2.26. The summed E-state index contributed by atoms with van der Waals surface area (Å²) in [6, 6.07) is 0. The fourth-order valence-corrected chi connectivity index (χ4v) is 1.94. The van der Waals surface area contributed by atoms with Crippen LogP contribution in [0.3, 0.4) is 0 Å². The van der Waals surface area contributed by atoms with E-state index in [1.165, 1.54) is 0 Å². The molecule has 1 N–H and O–H groups in total. The molecule has 0 atom stereocenters. The Morgan fingerprint density at radius 3 is 2.06 bits per heavy atom. The van der Waals surface area contributed by atoms with Crippen molar-refractivity contribution in [2.45, 2.75) is 53.9 Å². The number of carboxylic acid groups (broad SMARTS) is 1. The van der Waals surface area contributed by atoms with E-state index in [0.29, 0.717) is 5.41 Å². The van der Waals surface area contributed by atoms with E-state index in [1.54, 1.807) is 13.8 Å². The van der Waals surface area contributed by atoms with Crippen LogP contribution in [0.2, 0.25) is 0 Å². The molecule has 0 bridgehead atoms. The third-order valence-corrected chi connectivity index (χ3v) is 2.91. The molecule has 0 aromatic heterocycles. The van der Waals surface area contributed by atoms with E-state index in [1.807, 2.05) is 0 Å². The summed E-state index contributed by atoms with van der Waals surface area (Å²) in [6.45, 7) is 12.4. The van der Waals surface area contributed by atoms with Gasteiger partial charge in [-0.3, -0.25) is 4.79 Å². The first-order chi connectivity index (χ1) is 7.54. The van der Waals surface area contributed by atoms with E-state index < -0.39 is 11.4 Å². The molecular formula is C14H29NO2. The van der Waals surface area contributed by atoms with Gasteiger partial charge >= 0.3 is 5.97 Å². The molecule has 0 saturated carbocycles. The summed E-state index contributed by atoms with van der Waals surface area (Å²) in [5, 5.41) is 8.99. The molecule has 0 aromatic rings. The van der Waals surface area contributed by atoms with Crippen molar-refractivity contribution in [2.75, 3.05) is 20.1 Å². The van der Waals surface area contributed by atoms with Crippen LogP contribution in [-0.4, -0.2) is 36.1 Å². The third-order valence-electron chi connectivity index (χ3n) is 2.91. The second-order valence-corrected chi connectivity index (χ2v) is 6.94. The largest absolute Gasteiger partial charge is 0.481 e. The van der Waals surface area contributed by atoms with Crippen molar-refractivity contribution in [1.29, 1.82) is 0 Å². The number of nitrogens with zero attached hydrogens (tertiary/aromatic N) is 1. The van der Waals surface area contributed by atoms with Gasteiger partial charge in [-0.1, -0.05) is 27.2 Å². The maximum absolute atomic E-state index is 10.9. The molecule has 0 radical (unpaired) electrons. The molecular weight excluding hydrogens is 214 g/mol. The molecule has 3 heteroatoms. The van der Waals surface area contributed by atoms with Crippen molar-refractivity contribution < 1.29 is 9.90 Å². The maximum atomic E-state index is 10.9. The first-order valence-electron chi connectivity index (χ1n) is 6.46. The Morgan fingerprint density at radius 2 is 1.65 bits per heavy atom. The van der Waals surface area contributed by atoms with Gasteiger partial charge in [0.05, 0.1) is 5.41 Å². The van der Waals surface area contributed by atoms with Gasteiger partial charge in [-0.15, -0.1) is 0 Å². The maximum Gasteiger partial charge on any atom is 0.309 e. The smallest absolute Gasteiger partial charge is 0.309 e. The number of unbranched alkanes of at least 4 members (excludes halogenated alkanes) is 1. The van der Waals surface area contributed by atoms with Gasteiger partial charge in [0.25, 0.3) is 0 Å². The highest BCUT2D eigenvalue weighted by molar-refractivity contribution is 5.73. The van der Waals surface area contributed by atoms with Crippen molar-refractivity contribution in [3.8, 4) is 0 Å². The van der Waals surface area contributed by atoms with E-state index in [4.69, 9.17) is 5.11 Å². The second-order valence-electron chi connectivity index (χ2n) is 6.94. The van der Waals surface area contributed by atoms with Crippen molar-refractivity contribution in [2.24, 2.45) is 10.8 Å². The van der Waals surface area contributed by atoms with Gasteiger partial charge in [-0.2, -0.15) is 0 Å². The Morgan fingerprint density at radius 1 is 1.12 bits per heavy atom. The second kappa shape index (κ2) is 6.39. The topological polar surface area (TPSA) is 40.5 Å². The van der Waals surface area contributed by atoms with Crippen LogP contribution < -0.4 is 0 Å². The van der Waals surface area contributed by atoms with Gasteiger partial charge in [-0.25, -0.2) is 0 Å². The van der Waals surface area contributed by atoms with Crippen molar-refractivity contribution in [3.63, 3.8) is 0 Å². The molecule has 0 unspecified atom stereocenters. The van der Waals surface area contributed by atoms with Crippen LogP contribution in [0.1, 0.15) is 53.9 Å². The Bertz CT molecular complexity index is 241. The van der Waals surface area contributed by atoms with E-state index in [-0.39, 0.29) is 0 Å². The predicted molar refractivity (Wildman–Crippen MR) is 72.2 cm³/mol. The van der Waals surface area contributed by atoms with Crippen LogP contribution in [0.5, 0.6) is 0 Å². The summed E-state index contributed by atoms with van der Waals surface area (Å²) in [5.41, 5.74) is -0.252. The molecule has 0 aliphatic heterocycles. The number of carboxylic acids is 1. The normalized spacial score (nSPS) is 13.1. The number of aliphatic carboxylic acids is 1. The summed E-state index contributed by atoms with van der Waals surface area (Å²) in [6.07, 6.45) is 2.81. The lowest BCUT2D eigenvalue weighted by atomic mass is 9.87. The monoisotopic (exact) mass is 243 g/mol. The van der Waals surface area contributed by atoms with E-state index in [0.717, 1.165) is 32.4 Å². The molecule has 0 aromatic carbocycles. The Kier molecular flexibility index (Phi) is 6.17. The summed E-state index contributed by atoms with van der Waals surface area (Å²) in [7, 11) is 2.13. The fourth-order valence-electron chi connectivity index (χ4n) is 1.94. The highest BCUT2D eigenvalue weighted by Crippen LogP contribution is 2.23. The standard InChI is InChI=1S/C14H29NO2/c1-13(2,3)11-15(6)10-8-7-9-14(4,5)12(16)17/h7-11H2,1-6H3,(H,16,17). The van der Waals surface area contributed by atoms with Gasteiger partial charge in [0.15, 0.2) is 0 Å². The molecule has 0 fully saturated rings. The minimum atomic E-state index is -0.694. The third kappa shape index (κ3) is 8.19. The van der Waals surface area contributed by atoms with Gasteiger partial charge in [-0.05, 0) is 45.7 Å². The lowest BCUT2D eigenvalue weighted by Gasteiger charge is -2.27. The zero-order valence-electron chi connectivity index (χ0n) is 12.3. The van der Waals surface area contributed by atoms with E-state index in [2.05, 4.69) is 32.7 Å². The van der Waals surface area contributed by atoms with Gasteiger partial charge < -0.3 is 10.0 Å². The van der Waals surface area contributed by atoms with Crippen molar-refractivity contribution in [3.05, 3.63) is 0 Å². The van der Waals surface area contributed by atoms with Crippen molar-refractivity contribution in [1.82, 2.24) is 4.90 Å². The zero-order valence-corrected chi connectivity index (χ0v) is 12.3. The Hall–Kier alpha value is -0.570. The Labute approximate surface area is 106 Å². The van der Waals surface area contributed by atoms with Crippen LogP contribution in [0, 0.1) is 10.8 Å². The summed E-state index contributed by atoms with van der Waals surface area (Å²) in [4.78, 5) is 13.3. The minimum Gasteiger partial charge on any atom is -0.481 e. The summed E-state index contributed by atoms with van der Waals surface area (Å²) in [5.74, 6) is -0.694. The quantitative estimate of drug-likeness (QED) is 0.698. The van der Waals surface area contributed by atoms with Crippen molar-refractivity contribution >= 4 is 5.97 Å². The lowest BCUT2D eigenvalue weighted by molar-refractivity contribution is -0.147. The SMILES string of the molecule is CN(CCCCC(C)(C)C(=O)O)CC(C)(C)C. The van der Waals surface area contributed by atoms with Crippen LogP contribution in [0.4, 0.5) is 0 Å². The molecule has 0 amide bonds. The molecule has 102 valence electrons. The minimum absolute atomic E-state index is 0.328. The number of carbonyl (C=O) groups is 1. The number of hydrogen-bond acceptors (Lipinski definition) is 2. The van der Waals surface area contributed by atoms with Gasteiger partial charge in [0, 0.05) is 6.54 Å². The first-order valence-corrected chi connectivity index (χ1v) is 6.46. The first kappa shape index (κ1) is 16.4.